The van der Waals surface area contributed by atoms with Gasteiger partial charge in [0, 0.05) is 19.3 Å². The standard InChI is InChI=1S/C12H22N2O3/c15-11-5-9(6-11)7-13-8-12(16)14-10-1-3-17-4-2-10/h9-11,13,15H,1-8H2,(H,14,16). The van der Waals surface area contributed by atoms with Gasteiger partial charge in [0.15, 0.2) is 0 Å². The van der Waals surface area contributed by atoms with Gasteiger partial charge in [-0.15, -0.1) is 0 Å². The highest BCUT2D eigenvalue weighted by Gasteiger charge is 2.26. The van der Waals surface area contributed by atoms with Gasteiger partial charge in [-0.1, -0.05) is 0 Å². The minimum atomic E-state index is -0.113. The fraction of sp³-hybridized carbons (Fsp3) is 0.917. The van der Waals surface area contributed by atoms with E-state index in [1.807, 2.05) is 0 Å². The van der Waals surface area contributed by atoms with Crippen molar-refractivity contribution in [1.29, 1.82) is 0 Å². The van der Waals surface area contributed by atoms with Crippen molar-refractivity contribution in [1.82, 2.24) is 10.6 Å². The summed E-state index contributed by atoms with van der Waals surface area (Å²) < 4.78 is 5.24. The van der Waals surface area contributed by atoms with Crippen LogP contribution in [0.25, 0.3) is 0 Å². The van der Waals surface area contributed by atoms with Crippen molar-refractivity contribution in [2.24, 2.45) is 5.92 Å². The van der Waals surface area contributed by atoms with Crippen molar-refractivity contribution in [2.75, 3.05) is 26.3 Å². The van der Waals surface area contributed by atoms with Gasteiger partial charge in [0.1, 0.15) is 0 Å². The number of aliphatic hydroxyl groups is 1. The lowest BCUT2D eigenvalue weighted by atomic mass is 9.82. The molecule has 0 aromatic carbocycles. The lowest BCUT2D eigenvalue weighted by molar-refractivity contribution is -0.121. The molecule has 0 atom stereocenters. The molecule has 2 fully saturated rings. The smallest absolute Gasteiger partial charge is 0.234 e. The lowest BCUT2D eigenvalue weighted by Gasteiger charge is -2.31. The van der Waals surface area contributed by atoms with Crippen LogP contribution in [0, 0.1) is 5.92 Å². The summed E-state index contributed by atoms with van der Waals surface area (Å²) in [5.41, 5.74) is 0. The van der Waals surface area contributed by atoms with Gasteiger partial charge in [0.25, 0.3) is 0 Å². The van der Waals surface area contributed by atoms with Crippen molar-refractivity contribution in [3.8, 4) is 0 Å². The summed E-state index contributed by atoms with van der Waals surface area (Å²) >= 11 is 0. The van der Waals surface area contributed by atoms with Crippen LogP contribution in [0.15, 0.2) is 0 Å². The first kappa shape index (κ1) is 12.8. The maximum absolute atomic E-state index is 11.6. The summed E-state index contributed by atoms with van der Waals surface area (Å²) in [6, 6.07) is 0.281. The van der Waals surface area contributed by atoms with E-state index in [-0.39, 0.29) is 18.1 Å². The summed E-state index contributed by atoms with van der Waals surface area (Å²) in [6.07, 6.45) is 3.46. The van der Waals surface area contributed by atoms with Crippen LogP contribution in [0.5, 0.6) is 0 Å². The molecule has 5 heteroatoms. The van der Waals surface area contributed by atoms with Crippen LogP contribution in [0.3, 0.4) is 0 Å². The third-order valence-electron chi connectivity index (χ3n) is 3.52. The number of hydrogen-bond acceptors (Lipinski definition) is 4. The molecular weight excluding hydrogens is 220 g/mol. The van der Waals surface area contributed by atoms with Crippen molar-refractivity contribution < 1.29 is 14.6 Å². The molecule has 1 amide bonds. The molecule has 0 bridgehead atoms. The average Bonchev–Trinajstić information content (AvgIpc) is 2.28. The number of aliphatic hydroxyl groups excluding tert-OH is 1. The maximum atomic E-state index is 11.6. The second-order valence-electron chi connectivity index (χ2n) is 5.08. The monoisotopic (exact) mass is 242 g/mol. The predicted molar refractivity (Wildman–Crippen MR) is 63.6 cm³/mol. The number of amides is 1. The van der Waals surface area contributed by atoms with Crippen LogP contribution >= 0.6 is 0 Å². The molecule has 0 radical (unpaired) electrons. The van der Waals surface area contributed by atoms with E-state index in [1.54, 1.807) is 0 Å². The van der Waals surface area contributed by atoms with Gasteiger partial charge in [0.05, 0.1) is 12.6 Å². The highest BCUT2D eigenvalue weighted by Crippen LogP contribution is 2.25. The van der Waals surface area contributed by atoms with Crippen molar-refractivity contribution in [2.45, 2.75) is 37.8 Å². The molecule has 0 spiro atoms. The quantitative estimate of drug-likeness (QED) is 0.616. The van der Waals surface area contributed by atoms with Crippen LogP contribution in [-0.2, 0) is 9.53 Å². The number of carbonyl (C=O) groups excluding carboxylic acids is 1. The topological polar surface area (TPSA) is 70.6 Å². The Hall–Kier alpha value is -0.650. The van der Waals surface area contributed by atoms with E-state index in [0.29, 0.717) is 12.5 Å². The van der Waals surface area contributed by atoms with Gasteiger partial charge in [0.2, 0.25) is 5.91 Å². The summed E-state index contributed by atoms with van der Waals surface area (Å²) in [6.45, 7) is 2.71. The van der Waals surface area contributed by atoms with E-state index < -0.39 is 0 Å². The molecule has 1 aliphatic carbocycles. The zero-order valence-corrected chi connectivity index (χ0v) is 10.2. The number of carbonyl (C=O) groups is 1. The van der Waals surface area contributed by atoms with Gasteiger partial charge >= 0.3 is 0 Å². The van der Waals surface area contributed by atoms with E-state index in [9.17, 15) is 4.79 Å². The van der Waals surface area contributed by atoms with Crippen LogP contribution in [0.2, 0.25) is 0 Å². The summed E-state index contributed by atoms with van der Waals surface area (Å²) in [5.74, 6) is 0.609. The van der Waals surface area contributed by atoms with Crippen LogP contribution in [0.4, 0.5) is 0 Å². The van der Waals surface area contributed by atoms with Crippen LogP contribution < -0.4 is 10.6 Å². The molecule has 0 unspecified atom stereocenters. The first-order valence-corrected chi connectivity index (χ1v) is 6.50. The SMILES string of the molecule is O=C(CNCC1CC(O)C1)NC1CCOCC1. The number of ether oxygens (including phenoxy) is 1. The van der Waals surface area contributed by atoms with Crippen molar-refractivity contribution in [3.05, 3.63) is 0 Å². The number of nitrogens with one attached hydrogen (secondary N) is 2. The molecule has 1 heterocycles. The Bertz CT molecular complexity index is 248. The highest BCUT2D eigenvalue weighted by atomic mass is 16.5. The van der Waals surface area contributed by atoms with Gasteiger partial charge in [-0.2, -0.15) is 0 Å². The Labute approximate surface area is 102 Å². The summed E-state index contributed by atoms with van der Waals surface area (Å²) in [7, 11) is 0. The predicted octanol–water partition coefficient (Wildman–Crippen LogP) is -0.358. The molecule has 17 heavy (non-hydrogen) atoms. The normalized spacial score (nSPS) is 29.7. The Morgan fingerprint density at radius 1 is 1.29 bits per heavy atom. The lowest BCUT2D eigenvalue weighted by Crippen LogP contribution is -2.44. The van der Waals surface area contributed by atoms with E-state index in [0.717, 1.165) is 45.4 Å². The maximum Gasteiger partial charge on any atom is 0.234 e. The molecule has 1 saturated heterocycles. The van der Waals surface area contributed by atoms with E-state index in [4.69, 9.17) is 9.84 Å². The minimum absolute atomic E-state index is 0.0665. The number of rotatable bonds is 5. The molecular formula is C12H22N2O3. The average molecular weight is 242 g/mol. The Balaban J connectivity index is 1.51. The van der Waals surface area contributed by atoms with E-state index >= 15 is 0 Å². The van der Waals surface area contributed by atoms with Gasteiger partial charge in [-0.25, -0.2) is 0 Å². The van der Waals surface area contributed by atoms with E-state index in [2.05, 4.69) is 10.6 Å². The van der Waals surface area contributed by atoms with E-state index in [1.165, 1.54) is 0 Å². The fourth-order valence-corrected chi connectivity index (χ4v) is 2.38. The summed E-state index contributed by atoms with van der Waals surface area (Å²) in [4.78, 5) is 11.6. The second-order valence-corrected chi connectivity index (χ2v) is 5.08. The molecule has 3 N–H and O–H groups in total. The molecule has 2 rings (SSSR count). The number of hydrogen-bond donors (Lipinski definition) is 3. The minimum Gasteiger partial charge on any atom is -0.393 e. The fourth-order valence-electron chi connectivity index (χ4n) is 2.38. The zero-order chi connectivity index (χ0) is 12.1. The largest absolute Gasteiger partial charge is 0.393 e. The Morgan fingerprint density at radius 3 is 2.65 bits per heavy atom. The highest BCUT2D eigenvalue weighted by molar-refractivity contribution is 5.78. The first-order valence-electron chi connectivity index (χ1n) is 6.50. The van der Waals surface area contributed by atoms with Crippen molar-refractivity contribution >= 4 is 5.91 Å². The van der Waals surface area contributed by atoms with Crippen LogP contribution in [0.1, 0.15) is 25.7 Å². The Morgan fingerprint density at radius 2 is 2.00 bits per heavy atom. The van der Waals surface area contributed by atoms with Gasteiger partial charge in [-0.3, -0.25) is 4.79 Å². The third kappa shape index (κ3) is 4.26. The molecule has 1 saturated carbocycles. The van der Waals surface area contributed by atoms with Gasteiger partial charge in [-0.05, 0) is 38.1 Å². The van der Waals surface area contributed by atoms with Crippen molar-refractivity contribution in [3.63, 3.8) is 0 Å². The molecule has 0 aromatic heterocycles. The second kappa shape index (κ2) is 6.33. The molecule has 0 aromatic rings. The van der Waals surface area contributed by atoms with Crippen LogP contribution in [-0.4, -0.2) is 49.5 Å². The Kier molecular flexibility index (Phi) is 4.76. The third-order valence-corrected chi connectivity index (χ3v) is 3.52. The molecule has 2 aliphatic rings. The van der Waals surface area contributed by atoms with Gasteiger partial charge < -0.3 is 20.5 Å². The zero-order valence-electron chi connectivity index (χ0n) is 10.2. The molecule has 1 aliphatic heterocycles. The molecule has 98 valence electrons. The first-order chi connectivity index (χ1) is 8.24. The molecule has 5 nitrogen and oxygen atoms in total. The summed E-state index contributed by atoms with van der Waals surface area (Å²) in [5, 5.41) is 15.3.